The minimum atomic E-state index is -4.08. The number of hydrogen-bond donors (Lipinski definition) is 1. The van der Waals surface area contributed by atoms with Crippen LogP contribution in [-0.2, 0) is 0 Å². The van der Waals surface area contributed by atoms with E-state index in [9.17, 15) is 13.2 Å². The van der Waals surface area contributed by atoms with Crippen molar-refractivity contribution in [3.05, 3.63) is 21.3 Å². The molecule has 114 valence electrons. The van der Waals surface area contributed by atoms with Crippen LogP contribution in [0.3, 0.4) is 0 Å². The number of hydrogen-bond acceptors (Lipinski definition) is 3. The van der Waals surface area contributed by atoms with Gasteiger partial charge in [0.15, 0.2) is 0 Å². The van der Waals surface area contributed by atoms with Crippen molar-refractivity contribution in [2.24, 2.45) is 11.7 Å². The van der Waals surface area contributed by atoms with Gasteiger partial charge in [0.05, 0.1) is 16.3 Å². The Morgan fingerprint density at radius 3 is 2.35 bits per heavy atom. The number of thiophene rings is 1. The minimum absolute atomic E-state index is 0.0540. The maximum atomic E-state index is 12.7. The van der Waals surface area contributed by atoms with Crippen molar-refractivity contribution in [2.75, 3.05) is 13.1 Å². The van der Waals surface area contributed by atoms with E-state index in [1.54, 1.807) is 6.07 Å². The summed E-state index contributed by atoms with van der Waals surface area (Å²) >= 11 is 7.39. The van der Waals surface area contributed by atoms with Crippen molar-refractivity contribution in [1.29, 1.82) is 0 Å². The standard InChI is InChI=1S/C13H18ClF3N2S/c1-8(18)12(10-2-3-11(14)20-10)19-6-4-9(5-7-19)13(15,16)17/h2-3,8-9,12H,4-7,18H2,1H3. The maximum Gasteiger partial charge on any atom is 0.391 e. The second-order valence-corrected chi connectivity index (χ2v) is 7.04. The molecule has 0 aromatic carbocycles. The number of alkyl halides is 3. The fourth-order valence-electron chi connectivity index (χ4n) is 2.76. The van der Waals surface area contributed by atoms with Gasteiger partial charge >= 0.3 is 6.18 Å². The predicted octanol–water partition coefficient (Wildman–Crippen LogP) is 4.06. The molecule has 0 saturated carbocycles. The number of halogens is 4. The first-order valence-electron chi connectivity index (χ1n) is 6.60. The van der Waals surface area contributed by atoms with E-state index in [2.05, 4.69) is 4.90 Å². The highest BCUT2D eigenvalue weighted by Gasteiger charge is 2.42. The van der Waals surface area contributed by atoms with Crippen LogP contribution in [0.1, 0.15) is 30.7 Å². The average molecular weight is 327 g/mol. The summed E-state index contributed by atoms with van der Waals surface area (Å²) in [5.74, 6) is -1.18. The van der Waals surface area contributed by atoms with Gasteiger partial charge in [-0.1, -0.05) is 11.6 Å². The average Bonchev–Trinajstić information content (AvgIpc) is 2.75. The molecule has 1 aromatic heterocycles. The summed E-state index contributed by atoms with van der Waals surface area (Å²) in [4.78, 5) is 3.07. The van der Waals surface area contributed by atoms with Crippen LogP contribution >= 0.6 is 22.9 Å². The molecular weight excluding hydrogens is 309 g/mol. The fourth-order valence-corrected chi connectivity index (χ4v) is 4.08. The Hall–Kier alpha value is -0.300. The molecule has 1 aliphatic rings. The summed E-state index contributed by atoms with van der Waals surface area (Å²) in [6, 6.07) is 3.52. The van der Waals surface area contributed by atoms with Gasteiger partial charge in [-0.05, 0) is 45.0 Å². The van der Waals surface area contributed by atoms with Crippen molar-refractivity contribution < 1.29 is 13.2 Å². The molecular formula is C13H18ClF3N2S. The number of piperidine rings is 1. The smallest absolute Gasteiger partial charge is 0.326 e. The van der Waals surface area contributed by atoms with Gasteiger partial charge in [-0.25, -0.2) is 0 Å². The summed E-state index contributed by atoms with van der Waals surface area (Å²) in [6.07, 6.45) is -3.79. The van der Waals surface area contributed by atoms with Gasteiger partial charge in [0.1, 0.15) is 0 Å². The molecule has 2 atom stereocenters. The van der Waals surface area contributed by atoms with Crippen molar-refractivity contribution in [3.63, 3.8) is 0 Å². The lowest BCUT2D eigenvalue weighted by atomic mass is 9.94. The van der Waals surface area contributed by atoms with Crippen molar-refractivity contribution in [2.45, 2.75) is 38.0 Å². The summed E-state index contributed by atoms with van der Waals surface area (Å²) in [5.41, 5.74) is 6.03. The van der Waals surface area contributed by atoms with Gasteiger partial charge in [0.2, 0.25) is 0 Å². The Bertz CT molecular complexity index is 439. The molecule has 2 nitrogen and oxygen atoms in total. The first-order chi connectivity index (χ1) is 9.29. The molecule has 0 amide bonds. The van der Waals surface area contributed by atoms with Crippen LogP contribution in [0, 0.1) is 5.92 Å². The summed E-state index contributed by atoms with van der Waals surface area (Å²) in [7, 11) is 0. The lowest BCUT2D eigenvalue weighted by molar-refractivity contribution is -0.186. The van der Waals surface area contributed by atoms with Gasteiger partial charge in [0.25, 0.3) is 0 Å². The molecule has 2 unspecified atom stereocenters. The highest BCUT2D eigenvalue weighted by molar-refractivity contribution is 7.16. The van der Waals surface area contributed by atoms with Crippen LogP contribution in [0.5, 0.6) is 0 Å². The first-order valence-corrected chi connectivity index (χ1v) is 7.80. The third-order valence-corrected chi connectivity index (χ3v) is 5.07. The van der Waals surface area contributed by atoms with Crippen LogP contribution in [0.4, 0.5) is 13.2 Å². The number of nitrogens with two attached hydrogens (primary N) is 1. The molecule has 0 radical (unpaired) electrons. The minimum Gasteiger partial charge on any atom is -0.326 e. The van der Waals surface area contributed by atoms with Gasteiger partial charge in [-0.2, -0.15) is 13.2 Å². The van der Waals surface area contributed by atoms with Crippen LogP contribution in [0.15, 0.2) is 12.1 Å². The predicted molar refractivity (Wildman–Crippen MR) is 76.1 cm³/mol. The highest BCUT2D eigenvalue weighted by Crippen LogP contribution is 2.38. The Balaban J connectivity index is 2.06. The molecule has 2 heterocycles. The second kappa shape index (κ2) is 6.22. The Kier molecular flexibility index (Phi) is 5.00. The Labute approximate surface area is 125 Å². The van der Waals surface area contributed by atoms with Crippen molar-refractivity contribution >= 4 is 22.9 Å². The van der Waals surface area contributed by atoms with E-state index in [1.807, 2.05) is 13.0 Å². The highest BCUT2D eigenvalue weighted by atomic mass is 35.5. The molecule has 1 saturated heterocycles. The first kappa shape index (κ1) is 16.1. The molecule has 7 heteroatoms. The summed E-state index contributed by atoms with van der Waals surface area (Å²) < 4.78 is 38.8. The van der Waals surface area contributed by atoms with E-state index in [4.69, 9.17) is 17.3 Å². The molecule has 0 bridgehead atoms. The topological polar surface area (TPSA) is 29.3 Å². The Morgan fingerprint density at radius 2 is 1.95 bits per heavy atom. The zero-order valence-electron chi connectivity index (χ0n) is 11.2. The van der Waals surface area contributed by atoms with E-state index in [-0.39, 0.29) is 24.9 Å². The van der Waals surface area contributed by atoms with E-state index in [0.717, 1.165) is 4.88 Å². The zero-order chi connectivity index (χ0) is 14.9. The molecule has 0 spiro atoms. The van der Waals surface area contributed by atoms with E-state index < -0.39 is 12.1 Å². The number of likely N-dealkylation sites (tertiary alicyclic amines) is 1. The van der Waals surface area contributed by atoms with Crippen molar-refractivity contribution in [3.8, 4) is 0 Å². The largest absolute Gasteiger partial charge is 0.391 e. The number of nitrogens with zero attached hydrogens (tertiary/aromatic N) is 1. The zero-order valence-corrected chi connectivity index (χ0v) is 12.7. The monoisotopic (exact) mass is 326 g/mol. The third-order valence-electron chi connectivity index (χ3n) is 3.77. The van der Waals surface area contributed by atoms with Gasteiger partial charge in [-0.3, -0.25) is 4.90 Å². The van der Waals surface area contributed by atoms with Gasteiger partial charge in [-0.15, -0.1) is 11.3 Å². The lowest BCUT2D eigenvalue weighted by Crippen LogP contribution is -2.45. The summed E-state index contributed by atoms with van der Waals surface area (Å²) in [6.45, 7) is 2.73. The third kappa shape index (κ3) is 3.67. The van der Waals surface area contributed by atoms with E-state index in [0.29, 0.717) is 17.4 Å². The lowest BCUT2D eigenvalue weighted by Gasteiger charge is -2.39. The molecule has 1 aromatic rings. The molecule has 0 aliphatic carbocycles. The van der Waals surface area contributed by atoms with E-state index >= 15 is 0 Å². The fraction of sp³-hybridized carbons (Fsp3) is 0.692. The molecule has 1 aliphatic heterocycles. The normalized spacial score (nSPS) is 21.9. The summed E-state index contributed by atoms with van der Waals surface area (Å²) in [5, 5.41) is 0. The quantitative estimate of drug-likeness (QED) is 0.907. The maximum absolute atomic E-state index is 12.7. The Morgan fingerprint density at radius 1 is 1.35 bits per heavy atom. The molecule has 1 fully saturated rings. The van der Waals surface area contributed by atoms with Crippen LogP contribution in [0.25, 0.3) is 0 Å². The SMILES string of the molecule is CC(N)C(c1ccc(Cl)s1)N1CCC(C(F)(F)F)CC1. The van der Waals surface area contributed by atoms with Crippen LogP contribution < -0.4 is 5.73 Å². The van der Waals surface area contributed by atoms with Crippen LogP contribution in [-0.4, -0.2) is 30.2 Å². The van der Waals surface area contributed by atoms with Gasteiger partial charge in [0, 0.05) is 10.9 Å². The molecule has 20 heavy (non-hydrogen) atoms. The van der Waals surface area contributed by atoms with Crippen LogP contribution in [0.2, 0.25) is 4.34 Å². The molecule has 2 rings (SSSR count). The van der Waals surface area contributed by atoms with Gasteiger partial charge < -0.3 is 5.73 Å². The van der Waals surface area contributed by atoms with E-state index in [1.165, 1.54) is 11.3 Å². The number of rotatable bonds is 3. The van der Waals surface area contributed by atoms with Crippen molar-refractivity contribution in [1.82, 2.24) is 4.90 Å². The second-order valence-electron chi connectivity index (χ2n) is 5.30. The molecule has 2 N–H and O–H groups in total.